The van der Waals surface area contributed by atoms with Gasteiger partial charge in [0, 0.05) is 14.2 Å². The number of piperidine rings is 1. The van der Waals surface area contributed by atoms with Crippen LogP contribution in [0, 0.1) is 5.41 Å². The van der Waals surface area contributed by atoms with E-state index in [0.717, 1.165) is 31.7 Å². The number of benzene rings is 1. The molecule has 1 N–H and O–H groups in total. The number of rotatable bonds is 7. The zero-order valence-corrected chi connectivity index (χ0v) is 13.5. The van der Waals surface area contributed by atoms with Gasteiger partial charge in [-0.05, 0) is 38.1 Å². The number of carbonyl (C=O) groups excluding carboxylic acids is 1. The molecule has 122 valence electrons. The molecule has 0 bridgehead atoms. The average molecular weight is 306 g/mol. The van der Waals surface area contributed by atoms with Crippen molar-refractivity contribution in [3.63, 3.8) is 0 Å². The van der Waals surface area contributed by atoms with E-state index in [1.807, 2.05) is 37.4 Å². The fourth-order valence-electron chi connectivity index (χ4n) is 2.93. The summed E-state index contributed by atoms with van der Waals surface area (Å²) in [7, 11) is 3.51. The third-order valence-corrected chi connectivity index (χ3v) is 4.22. The molecule has 1 amide bonds. The van der Waals surface area contributed by atoms with Crippen LogP contribution in [-0.4, -0.2) is 57.8 Å². The third kappa shape index (κ3) is 4.21. The number of amides is 1. The Morgan fingerprint density at radius 2 is 1.95 bits per heavy atom. The van der Waals surface area contributed by atoms with Crippen LogP contribution in [0.3, 0.4) is 0 Å². The first kappa shape index (κ1) is 16.8. The largest absolute Gasteiger partial charge is 0.492 e. The predicted octanol–water partition coefficient (Wildman–Crippen LogP) is 1.54. The minimum Gasteiger partial charge on any atom is -0.492 e. The molecule has 5 heteroatoms. The van der Waals surface area contributed by atoms with Gasteiger partial charge in [-0.1, -0.05) is 18.2 Å². The smallest absolute Gasteiger partial charge is 0.231 e. The van der Waals surface area contributed by atoms with E-state index in [1.54, 1.807) is 12.0 Å². The van der Waals surface area contributed by atoms with Crippen molar-refractivity contribution in [3.8, 4) is 5.75 Å². The van der Waals surface area contributed by atoms with Crippen LogP contribution in [0.5, 0.6) is 5.75 Å². The molecule has 0 spiro atoms. The van der Waals surface area contributed by atoms with Gasteiger partial charge in [0.25, 0.3) is 0 Å². The molecule has 0 unspecified atom stereocenters. The minimum atomic E-state index is -0.387. The van der Waals surface area contributed by atoms with Crippen molar-refractivity contribution in [2.24, 2.45) is 5.41 Å². The molecule has 1 aliphatic rings. The van der Waals surface area contributed by atoms with Crippen molar-refractivity contribution < 1.29 is 14.3 Å². The average Bonchev–Trinajstić information content (AvgIpc) is 2.56. The molecule has 1 heterocycles. The fraction of sp³-hybridized carbons (Fsp3) is 0.588. The molecule has 0 aromatic heterocycles. The van der Waals surface area contributed by atoms with Gasteiger partial charge in [0.2, 0.25) is 5.91 Å². The second kappa shape index (κ2) is 8.15. The van der Waals surface area contributed by atoms with E-state index < -0.39 is 0 Å². The number of para-hydroxylation sites is 1. The summed E-state index contributed by atoms with van der Waals surface area (Å²) in [6.45, 7) is 3.28. The number of methoxy groups -OCH3 is 1. The number of nitrogens with zero attached hydrogens (tertiary/aromatic N) is 1. The second-order valence-corrected chi connectivity index (χ2v) is 5.85. The first-order valence-corrected chi connectivity index (χ1v) is 7.81. The number of hydrogen-bond acceptors (Lipinski definition) is 4. The highest BCUT2D eigenvalue weighted by Crippen LogP contribution is 2.31. The Balaban J connectivity index is 1.87. The number of ether oxygens (including phenoxy) is 2. The third-order valence-electron chi connectivity index (χ3n) is 4.22. The Morgan fingerprint density at radius 1 is 1.27 bits per heavy atom. The molecule has 22 heavy (non-hydrogen) atoms. The van der Waals surface area contributed by atoms with Gasteiger partial charge >= 0.3 is 0 Å². The van der Waals surface area contributed by atoms with Gasteiger partial charge in [0.15, 0.2) is 0 Å². The van der Waals surface area contributed by atoms with E-state index in [2.05, 4.69) is 5.32 Å². The maximum Gasteiger partial charge on any atom is 0.231 e. The molecule has 1 aromatic rings. The SMILES string of the molecule is COCC1(C(=O)N(C)CCOc2ccccc2)CCNCC1. The number of carbonyl (C=O) groups is 1. The van der Waals surface area contributed by atoms with E-state index in [4.69, 9.17) is 9.47 Å². The first-order chi connectivity index (χ1) is 10.7. The molecule has 0 radical (unpaired) electrons. The standard InChI is InChI=1S/C17H26N2O3/c1-19(12-13-22-15-6-4-3-5-7-15)16(20)17(14-21-2)8-10-18-11-9-17/h3-7,18H,8-14H2,1-2H3. The van der Waals surface area contributed by atoms with Crippen molar-refractivity contribution in [1.29, 1.82) is 0 Å². The van der Waals surface area contributed by atoms with Gasteiger partial charge in [-0.3, -0.25) is 4.79 Å². The molecular weight excluding hydrogens is 280 g/mol. The molecule has 1 aliphatic heterocycles. The summed E-state index contributed by atoms with van der Waals surface area (Å²) in [6, 6.07) is 9.66. The maximum absolute atomic E-state index is 12.8. The maximum atomic E-state index is 12.8. The summed E-state index contributed by atoms with van der Waals surface area (Å²) < 4.78 is 11.0. The van der Waals surface area contributed by atoms with Crippen LogP contribution in [-0.2, 0) is 9.53 Å². The van der Waals surface area contributed by atoms with Crippen LogP contribution in [0.25, 0.3) is 0 Å². The molecule has 2 rings (SSSR count). The van der Waals surface area contributed by atoms with Crippen molar-refractivity contribution in [1.82, 2.24) is 10.2 Å². The van der Waals surface area contributed by atoms with Gasteiger partial charge in [-0.25, -0.2) is 0 Å². The normalized spacial score (nSPS) is 17.0. The van der Waals surface area contributed by atoms with Crippen LogP contribution in [0.15, 0.2) is 30.3 Å². The Kier molecular flexibility index (Phi) is 6.21. The molecule has 5 nitrogen and oxygen atoms in total. The van der Waals surface area contributed by atoms with Crippen LogP contribution in [0.4, 0.5) is 0 Å². The van der Waals surface area contributed by atoms with E-state index in [9.17, 15) is 4.79 Å². The Morgan fingerprint density at radius 3 is 2.59 bits per heavy atom. The molecule has 0 saturated carbocycles. The fourth-order valence-corrected chi connectivity index (χ4v) is 2.93. The van der Waals surface area contributed by atoms with Crippen molar-refractivity contribution in [2.45, 2.75) is 12.8 Å². The monoisotopic (exact) mass is 306 g/mol. The predicted molar refractivity (Wildman–Crippen MR) is 86.0 cm³/mol. The molecular formula is C17H26N2O3. The number of nitrogens with one attached hydrogen (secondary N) is 1. The minimum absolute atomic E-state index is 0.160. The molecule has 1 saturated heterocycles. The highest BCUT2D eigenvalue weighted by molar-refractivity contribution is 5.82. The van der Waals surface area contributed by atoms with Crippen LogP contribution < -0.4 is 10.1 Å². The zero-order valence-electron chi connectivity index (χ0n) is 13.5. The van der Waals surface area contributed by atoms with Gasteiger partial charge in [0.05, 0.1) is 18.6 Å². The van der Waals surface area contributed by atoms with E-state index in [-0.39, 0.29) is 11.3 Å². The number of hydrogen-bond donors (Lipinski definition) is 1. The first-order valence-electron chi connectivity index (χ1n) is 7.81. The Labute approximate surface area is 132 Å². The van der Waals surface area contributed by atoms with Gasteiger partial charge in [0.1, 0.15) is 12.4 Å². The van der Waals surface area contributed by atoms with Crippen LogP contribution in [0.1, 0.15) is 12.8 Å². The van der Waals surface area contributed by atoms with Crippen molar-refractivity contribution >= 4 is 5.91 Å². The van der Waals surface area contributed by atoms with Crippen molar-refractivity contribution in [3.05, 3.63) is 30.3 Å². The highest BCUT2D eigenvalue weighted by Gasteiger charge is 2.41. The van der Waals surface area contributed by atoms with Gasteiger partial charge in [-0.2, -0.15) is 0 Å². The highest BCUT2D eigenvalue weighted by atomic mass is 16.5. The summed E-state index contributed by atoms with van der Waals surface area (Å²) in [5.74, 6) is 0.990. The van der Waals surface area contributed by atoms with Crippen molar-refractivity contribution in [2.75, 3.05) is 47.0 Å². The van der Waals surface area contributed by atoms with Crippen LogP contribution >= 0.6 is 0 Å². The van der Waals surface area contributed by atoms with E-state index >= 15 is 0 Å². The Bertz CT molecular complexity index is 453. The lowest BCUT2D eigenvalue weighted by atomic mass is 9.78. The molecule has 1 aromatic carbocycles. The van der Waals surface area contributed by atoms with E-state index in [0.29, 0.717) is 19.8 Å². The van der Waals surface area contributed by atoms with Gasteiger partial charge < -0.3 is 19.7 Å². The zero-order chi connectivity index (χ0) is 15.8. The summed E-state index contributed by atoms with van der Waals surface area (Å²) in [4.78, 5) is 14.6. The number of likely N-dealkylation sites (N-methyl/N-ethyl adjacent to an activating group) is 1. The summed E-state index contributed by atoms with van der Waals surface area (Å²) in [6.07, 6.45) is 1.65. The summed E-state index contributed by atoms with van der Waals surface area (Å²) in [5.41, 5.74) is -0.387. The lowest BCUT2D eigenvalue weighted by Gasteiger charge is -2.38. The van der Waals surface area contributed by atoms with Gasteiger partial charge in [-0.15, -0.1) is 0 Å². The topological polar surface area (TPSA) is 50.8 Å². The summed E-state index contributed by atoms with van der Waals surface area (Å²) in [5, 5.41) is 3.31. The molecule has 1 fully saturated rings. The van der Waals surface area contributed by atoms with Crippen LogP contribution in [0.2, 0.25) is 0 Å². The molecule has 0 aliphatic carbocycles. The second-order valence-electron chi connectivity index (χ2n) is 5.85. The lowest BCUT2D eigenvalue weighted by molar-refractivity contribution is -0.146. The summed E-state index contributed by atoms with van der Waals surface area (Å²) >= 11 is 0. The quantitative estimate of drug-likeness (QED) is 0.830. The van der Waals surface area contributed by atoms with E-state index in [1.165, 1.54) is 0 Å². The lowest BCUT2D eigenvalue weighted by Crippen LogP contribution is -2.51. The Hall–Kier alpha value is -1.59. The molecule has 0 atom stereocenters.